The van der Waals surface area contributed by atoms with Crippen LogP contribution in [0, 0.1) is 18.8 Å². The van der Waals surface area contributed by atoms with Crippen LogP contribution in [-0.4, -0.2) is 10.8 Å². The molecule has 1 atom stereocenters. The van der Waals surface area contributed by atoms with Crippen LogP contribution in [0.25, 0.3) is 0 Å². The molecule has 1 N–H and O–H groups in total. The van der Waals surface area contributed by atoms with Crippen molar-refractivity contribution in [2.75, 3.05) is 6.54 Å². The number of aryl methyl sites for hydroxylation is 1. The molecule has 0 heterocycles. The molecule has 0 aliphatic heterocycles. The smallest absolute Gasteiger partial charge is 0.125 e. The van der Waals surface area contributed by atoms with E-state index in [0.717, 1.165) is 4.90 Å². The Bertz CT molecular complexity index is 373. The van der Waals surface area contributed by atoms with E-state index in [1.807, 2.05) is 31.2 Å². The first kappa shape index (κ1) is 11.0. The monoisotopic (exact) mass is 207 g/mol. The third-order valence-corrected chi connectivity index (χ3v) is 2.81. The van der Waals surface area contributed by atoms with E-state index in [0.29, 0.717) is 6.54 Å². The molecule has 14 heavy (non-hydrogen) atoms. The Morgan fingerprint density at radius 2 is 2.00 bits per heavy atom. The molecule has 74 valence electrons. The second-order valence-corrected chi connectivity index (χ2v) is 4.13. The molecule has 1 unspecified atom stereocenters. The molecule has 0 amide bonds. The number of rotatable bonds is 3. The molecule has 0 aliphatic rings. The van der Waals surface area contributed by atoms with Gasteiger partial charge >= 0.3 is 0 Å². The molecule has 3 heteroatoms. The van der Waals surface area contributed by atoms with Gasteiger partial charge in [-0.25, -0.2) is 8.93 Å². The molecule has 1 aromatic carbocycles. The summed E-state index contributed by atoms with van der Waals surface area (Å²) in [6, 6.07) is 7.61. The lowest BCUT2D eigenvalue weighted by molar-refractivity contribution is 0.676. The van der Waals surface area contributed by atoms with Gasteiger partial charge in [-0.05, 0) is 26.0 Å². The molecule has 0 saturated heterocycles. The van der Waals surface area contributed by atoms with E-state index in [1.165, 1.54) is 5.56 Å². The quantitative estimate of drug-likeness (QED) is 0.750. The maximum absolute atomic E-state index is 11.6. The summed E-state index contributed by atoms with van der Waals surface area (Å²) in [6.07, 6.45) is 0. The lowest BCUT2D eigenvalue weighted by Gasteiger charge is -2.01. The molecular formula is C11H13NOS. The van der Waals surface area contributed by atoms with Gasteiger partial charge in [-0.15, -0.1) is 5.92 Å². The van der Waals surface area contributed by atoms with Crippen molar-refractivity contribution >= 4 is 11.0 Å². The van der Waals surface area contributed by atoms with Gasteiger partial charge in [0.25, 0.3) is 0 Å². The van der Waals surface area contributed by atoms with Crippen LogP contribution >= 0.6 is 0 Å². The van der Waals surface area contributed by atoms with E-state index in [-0.39, 0.29) is 0 Å². The van der Waals surface area contributed by atoms with Gasteiger partial charge in [0, 0.05) is 0 Å². The predicted octanol–water partition coefficient (Wildman–Crippen LogP) is 1.63. The first-order valence-corrected chi connectivity index (χ1v) is 5.50. The highest BCUT2D eigenvalue weighted by molar-refractivity contribution is 7.83. The van der Waals surface area contributed by atoms with Crippen molar-refractivity contribution in [1.82, 2.24) is 4.72 Å². The van der Waals surface area contributed by atoms with E-state index in [9.17, 15) is 4.21 Å². The molecule has 1 rings (SSSR count). The molecule has 0 spiro atoms. The van der Waals surface area contributed by atoms with Crippen LogP contribution in [0.2, 0.25) is 0 Å². The molecule has 0 fully saturated rings. The molecule has 0 bridgehead atoms. The summed E-state index contributed by atoms with van der Waals surface area (Å²) in [5, 5.41) is 0. The minimum Gasteiger partial charge on any atom is -0.237 e. The van der Waals surface area contributed by atoms with Gasteiger partial charge in [0.05, 0.1) is 11.4 Å². The maximum Gasteiger partial charge on any atom is 0.125 e. The predicted molar refractivity (Wildman–Crippen MR) is 59.0 cm³/mol. The lowest BCUT2D eigenvalue weighted by Crippen LogP contribution is -2.17. The van der Waals surface area contributed by atoms with Crippen LogP contribution < -0.4 is 4.72 Å². The third-order valence-electron chi connectivity index (χ3n) is 1.70. The maximum atomic E-state index is 11.6. The molecule has 0 aliphatic carbocycles. The van der Waals surface area contributed by atoms with Crippen molar-refractivity contribution in [3.05, 3.63) is 29.8 Å². The Labute approximate surface area is 87.3 Å². The fourth-order valence-electron chi connectivity index (χ4n) is 0.935. The van der Waals surface area contributed by atoms with E-state index >= 15 is 0 Å². The average molecular weight is 207 g/mol. The van der Waals surface area contributed by atoms with Crippen LogP contribution in [0.3, 0.4) is 0 Å². The van der Waals surface area contributed by atoms with Crippen LogP contribution in [-0.2, 0) is 11.0 Å². The van der Waals surface area contributed by atoms with Crippen molar-refractivity contribution in [2.45, 2.75) is 18.7 Å². The van der Waals surface area contributed by atoms with Crippen molar-refractivity contribution in [3.63, 3.8) is 0 Å². The largest absolute Gasteiger partial charge is 0.237 e. The fraction of sp³-hybridized carbons (Fsp3) is 0.273. The number of hydrogen-bond donors (Lipinski definition) is 1. The molecule has 2 nitrogen and oxygen atoms in total. The molecule has 0 radical (unpaired) electrons. The van der Waals surface area contributed by atoms with Gasteiger partial charge in [-0.1, -0.05) is 23.6 Å². The van der Waals surface area contributed by atoms with Crippen molar-refractivity contribution in [1.29, 1.82) is 0 Å². The Hall–Kier alpha value is -1.11. The number of benzene rings is 1. The second-order valence-electron chi connectivity index (χ2n) is 2.83. The normalized spacial score (nSPS) is 11.6. The Morgan fingerprint density at radius 3 is 2.57 bits per heavy atom. The minimum absolute atomic E-state index is 0.455. The number of nitrogens with one attached hydrogen (secondary N) is 1. The Balaban J connectivity index is 2.59. The summed E-state index contributed by atoms with van der Waals surface area (Å²) in [4.78, 5) is 0.786. The van der Waals surface area contributed by atoms with E-state index in [2.05, 4.69) is 16.6 Å². The van der Waals surface area contributed by atoms with Crippen LogP contribution in [0.5, 0.6) is 0 Å². The standard InChI is InChI=1S/C11H13NOS/c1-3-4-9-12-14(13)11-7-5-10(2)6-8-11/h5-8,12H,9H2,1-2H3. The molecular weight excluding hydrogens is 194 g/mol. The molecule has 0 aromatic heterocycles. The average Bonchev–Trinajstić information content (AvgIpc) is 2.19. The molecule has 0 saturated carbocycles. The summed E-state index contributed by atoms with van der Waals surface area (Å²) >= 11 is 0. The van der Waals surface area contributed by atoms with E-state index < -0.39 is 11.0 Å². The van der Waals surface area contributed by atoms with Crippen LogP contribution in [0.1, 0.15) is 12.5 Å². The zero-order valence-corrected chi connectivity index (χ0v) is 9.15. The van der Waals surface area contributed by atoms with Gasteiger partial charge in [0.1, 0.15) is 11.0 Å². The Kier molecular flexibility index (Phi) is 4.37. The summed E-state index contributed by atoms with van der Waals surface area (Å²) in [5.41, 5.74) is 1.17. The summed E-state index contributed by atoms with van der Waals surface area (Å²) in [6.45, 7) is 4.22. The van der Waals surface area contributed by atoms with E-state index in [4.69, 9.17) is 0 Å². The highest BCUT2D eigenvalue weighted by atomic mass is 32.2. The zero-order valence-electron chi connectivity index (χ0n) is 8.33. The van der Waals surface area contributed by atoms with Crippen molar-refractivity contribution < 1.29 is 4.21 Å². The van der Waals surface area contributed by atoms with Crippen molar-refractivity contribution in [2.24, 2.45) is 0 Å². The first-order chi connectivity index (χ1) is 6.74. The lowest BCUT2D eigenvalue weighted by atomic mass is 10.2. The van der Waals surface area contributed by atoms with E-state index in [1.54, 1.807) is 6.92 Å². The Morgan fingerprint density at radius 1 is 1.36 bits per heavy atom. The van der Waals surface area contributed by atoms with Gasteiger partial charge in [0.2, 0.25) is 0 Å². The first-order valence-electron chi connectivity index (χ1n) is 4.35. The minimum atomic E-state index is -1.15. The third kappa shape index (κ3) is 3.33. The fourth-order valence-corrected chi connectivity index (χ4v) is 1.69. The summed E-state index contributed by atoms with van der Waals surface area (Å²) < 4.78 is 14.4. The topological polar surface area (TPSA) is 29.1 Å². The second kappa shape index (κ2) is 5.58. The molecule has 1 aromatic rings. The van der Waals surface area contributed by atoms with Gasteiger partial charge < -0.3 is 0 Å². The van der Waals surface area contributed by atoms with Gasteiger partial charge in [-0.3, -0.25) is 0 Å². The van der Waals surface area contributed by atoms with Crippen LogP contribution in [0.4, 0.5) is 0 Å². The highest BCUT2D eigenvalue weighted by Gasteiger charge is 2.00. The number of hydrogen-bond acceptors (Lipinski definition) is 1. The summed E-state index contributed by atoms with van der Waals surface area (Å²) in [5.74, 6) is 5.54. The van der Waals surface area contributed by atoms with Crippen molar-refractivity contribution in [3.8, 4) is 11.8 Å². The van der Waals surface area contributed by atoms with Gasteiger partial charge in [0.15, 0.2) is 0 Å². The van der Waals surface area contributed by atoms with Gasteiger partial charge in [-0.2, -0.15) is 0 Å². The zero-order chi connectivity index (χ0) is 10.4. The summed E-state index contributed by atoms with van der Waals surface area (Å²) in [7, 11) is -1.15. The SMILES string of the molecule is CC#CCNS(=O)c1ccc(C)cc1. The highest BCUT2D eigenvalue weighted by Crippen LogP contribution is 2.05. The van der Waals surface area contributed by atoms with Crippen LogP contribution in [0.15, 0.2) is 29.2 Å².